The Morgan fingerprint density at radius 1 is 1.39 bits per heavy atom. The molecule has 0 aromatic carbocycles. The summed E-state index contributed by atoms with van der Waals surface area (Å²) in [5.74, 6) is -0.0588. The number of nitrogens with zero attached hydrogens (tertiary/aromatic N) is 2. The minimum absolute atomic E-state index is 0.147. The summed E-state index contributed by atoms with van der Waals surface area (Å²) < 4.78 is 5.56. The number of amides is 1. The maximum Gasteiger partial charge on any atom is 0.308 e. The van der Waals surface area contributed by atoms with Gasteiger partial charge in [0.15, 0.2) is 10.8 Å². The van der Waals surface area contributed by atoms with Crippen LogP contribution in [0.4, 0.5) is 0 Å². The van der Waals surface area contributed by atoms with Gasteiger partial charge in [-0.1, -0.05) is 0 Å². The number of rotatable bonds is 3. The first-order valence-electron chi connectivity index (χ1n) is 7.46. The number of hydrogen-bond acceptors (Lipinski definition) is 5. The minimum Gasteiger partial charge on any atom is -0.481 e. The van der Waals surface area contributed by atoms with Crippen LogP contribution < -0.4 is 0 Å². The molecule has 2 aromatic heterocycles. The van der Waals surface area contributed by atoms with E-state index in [0.29, 0.717) is 34.3 Å². The third-order valence-electron chi connectivity index (χ3n) is 4.27. The van der Waals surface area contributed by atoms with E-state index in [1.807, 2.05) is 19.1 Å². The normalized spacial score (nSPS) is 20.9. The van der Waals surface area contributed by atoms with Crippen molar-refractivity contribution < 1.29 is 19.1 Å². The number of carbonyl (C=O) groups excluding carboxylic acids is 1. The van der Waals surface area contributed by atoms with Gasteiger partial charge in [-0.25, -0.2) is 4.98 Å². The second-order valence-corrected chi connectivity index (χ2v) is 6.82. The molecule has 2 aromatic rings. The first-order chi connectivity index (χ1) is 10.9. The van der Waals surface area contributed by atoms with E-state index in [0.717, 1.165) is 5.76 Å². The molecule has 0 spiro atoms. The van der Waals surface area contributed by atoms with Gasteiger partial charge in [-0.2, -0.15) is 0 Å². The maximum atomic E-state index is 12.8. The van der Waals surface area contributed by atoms with Gasteiger partial charge in [0.05, 0.1) is 11.6 Å². The van der Waals surface area contributed by atoms with Crippen molar-refractivity contribution in [2.24, 2.45) is 5.92 Å². The molecule has 1 aliphatic heterocycles. The summed E-state index contributed by atoms with van der Waals surface area (Å²) in [6.07, 6.45) is 0.490. The summed E-state index contributed by atoms with van der Waals surface area (Å²) in [4.78, 5) is 30.6. The number of aryl methyl sites for hydroxylation is 2. The third-order valence-corrected chi connectivity index (χ3v) is 5.43. The lowest BCUT2D eigenvalue weighted by molar-refractivity contribution is -0.142. The molecule has 0 bridgehead atoms. The van der Waals surface area contributed by atoms with Crippen LogP contribution in [0.1, 0.15) is 34.5 Å². The van der Waals surface area contributed by atoms with Gasteiger partial charge in [0.2, 0.25) is 0 Å². The second kappa shape index (κ2) is 5.81. The highest BCUT2D eigenvalue weighted by molar-refractivity contribution is 7.17. The fraction of sp³-hybridized carbons (Fsp3) is 0.438. The molecule has 1 saturated heterocycles. The number of carboxylic acid groups (broad SMARTS) is 1. The molecular weight excluding hydrogens is 316 g/mol. The zero-order valence-corrected chi connectivity index (χ0v) is 14.0. The standard InChI is InChI=1S/C16H18N2O4S/c1-8-4-5-12(22-8)14-17-9(2)13(23-14)15(19)18-7-6-11(10(18)3)16(20)21/h4-5,10-11H,6-7H2,1-3H3,(H,20,21). The molecule has 3 heterocycles. The summed E-state index contributed by atoms with van der Waals surface area (Å²) in [5, 5.41) is 9.87. The van der Waals surface area contributed by atoms with Crippen molar-refractivity contribution in [3.05, 3.63) is 28.5 Å². The summed E-state index contributed by atoms with van der Waals surface area (Å²) in [6, 6.07) is 3.38. The van der Waals surface area contributed by atoms with Crippen LogP contribution in [0, 0.1) is 19.8 Å². The number of carbonyl (C=O) groups is 2. The number of aliphatic carboxylic acids is 1. The zero-order valence-electron chi connectivity index (χ0n) is 13.2. The van der Waals surface area contributed by atoms with Gasteiger partial charge < -0.3 is 14.4 Å². The smallest absolute Gasteiger partial charge is 0.308 e. The lowest BCUT2D eigenvalue weighted by Gasteiger charge is -2.22. The molecule has 23 heavy (non-hydrogen) atoms. The van der Waals surface area contributed by atoms with E-state index in [9.17, 15) is 14.7 Å². The van der Waals surface area contributed by atoms with Crippen molar-refractivity contribution in [1.29, 1.82) is 0 Å². The number of thiazole rings is 1. The Labute approximate surface area is 137 Å². The highest BCUT2D eigenvalue weighted by Crippen LogP contribution is 2.32. The van der Waals surface area contributed by atoms with E-state index in [1.165, 1.54) is 11.3 Å². The lowest BCUT2D eigenvalue weighted by atomic mass is 10.0. The largest absolute Gasteiger partial charge is 0.481 e. The zero-order chi connectivity index (χ0) is 16.7. The molecule has 1 fully saturated rings. The van der Waals surface area contributed by atoms with Crippen molar-refractivity contribution in [3.63, 3.8) is 0 Å². The number of hydrogen-bond donors (Lipinski definition) is 1. The maximum absolute atomic E-state index is 12.8. The predicted molar refractivity (Wildman–Crippen MR) is 85.5 cm³/mol. The van der Waals surface area contributed by atoms with E-state index in [-0.39, 0.29) is 11.9 Å². The number of likely N-dealkylation sites (tertiary alicyclic amines) is 1. The molecule has 2 unspecified atom stereocenters. The number of aromatic nitrogens is 1. The molecule has 0 aliphatic carbocycles. The van der Waals surface area contributed by atoms with Crippen LogP contribution in [0.25, 0.3) is 10.8 Å². The summed E-state index contributed by atoms with van der Waals surface area (Å²) in [5.41, 5.74) is 0.648. The van der Waals surface area contributed by atoms with Crippen LogP contribution in [0.5, 0.6) is 0 Å². The number of carboxylic acids is 1. The molecule has 1 amide bonds. The van der Waals surface area contributed by atoms with Gasteiger partial charge >= 0.3 is 5.97 Å². The van der Waals surface area contributed by atoms with Gasteiger partial charge in [-0.15, -0.1) is 11.3 Å². The van der Waals surface area contributed by atoms with Gasteiger partial charge in [-0.3, -0.25) is 9.59 Å². The molecule has 0 radical (unpaired) electrons. The molecule has 2 atom stereocenters. The van der Waals surface area contributed by atoms with Crippen molar-refractivity contribution in [2.45, 2.75) is 33.2 Å². The van der Waals surface area contributed by atoms with Crippen LogP contribution in [-0.2, 0) is 4.79 Å². The molecule has 122 valence electrons. The molecule has 1 aliphatic rings. The number of furan rings is 1. The average Bonchev–Trinajstić information content (AvgIpc) is 3.17. The van der Waals surface area contributed by atoms with E-state index in [2.05, 4.69) is 4.98 Å². The SMILES string of the molecule is Cc1ccc(-c2nc(C)c(C(=O)N3CCC(C(=O)O)C3C)s2)o1. The molecule has 0 saturated carbocycles. The highest BCUT2D eigenvalue weighted by atomic mass is 32.1. The Hall–Kier alpha value is -2.15. The van der Waals surface area contributed by atoms with E-state index < -0.39 is 11.9 Å². The highest BCUT2D eigenvalue weighted by Gasteiger charge is 2.39. The average molecular weight is 334 g/mol. The molecule has 1 N–H and O–H groups in total. The fourth-order valence-corrected chi connectivity index (χ4v) is 3.92. The topological polar surface area (TPSA) is 83.6 Å². The Morgan fingerprint density at radius 2 is 2.13 bits per heavy atom. The van der Waals surface area contributed by atoms with Crippen molar-refractivity contribution in [3.8, 4) is 10.8 Å². The first kappa shape index (κ1) is 15.7. The molecule has 7 heteroatoms. The Bertz CT molecular complexity index is 764. The van der Waals surface area contributed by atoms with Gasteiger partial charge in [0.25, 0.3) is 5.91 Å². The molecule has 3 rings (SSSR count). The van der Waals surface area contributed by atoms with E-state index in [4.69, 9.17) is 4.42 Å². The molecule has 6 nitrogen and oxygen atoms in total. The van der Waals surface area contributed by atoms with Gasteiger partial charge in [0.1, 0.15) is 10.6 Å². The van der Waals surface area contributed by atoms with Gasteiger partial charge in [-0.05, 0) is 39.3 Å². The second-order valence-electron chi connectivity index (χ2n) is 5.82. The van der Waals surface area contributed by atoms with Gasteiger partial charge in [0, 0.05) is 12.6 Å². The van der Waals surface area contributed by atoms with Crippen LogP contribution in [0.15, 0.2) is 16.5 Å². The first-order valence-corrected chi connectivity index (χ1v) is 8.28. The predicted octanol–water partition coefficient (Wildman–Crippen LogP) is 2.96. The quantitative estimate of drug-likeness (QED) is 0.933. The van der Waals surface area contributed by atoms with Crippen molar-refractivity contribution in [1.82, 2.24) is 9.88 Å². The van der Waals surface area contributed by atoms with E-state index in [1.54, 1.807) is 18.7 Å². The van der Waals surface area contributed by atoms with Crippen LogP contribution in [0.3, 0.4) is 0 Å². The molecular formula is C16H18N2O4S. The minimum atomic E-state index is -0.847. The van der Waals surface area contributed by atoms with Crippen LogP contribution in [0.2, 0.25) is 0 Å². The Balaban J connectivity index is 1.86. The fourth-order valence-electron chi connectivity index (χ4n) is 2.94. The monoisotopic (exact) mass is 334 g/mol. The van der Waals surface area contributed by atoms with E-state index >= 15 is 0 Å². The van der Waals surface area contributed by atoms with Crippen molar-refractivity contribution >= 4 is 23.2 Å². The summed E-state index contributed by atoms with van der Waals surface area (Å²) >= 11 is 1.29. The lowest BCUT2D eigenvalue weighted by Crippen LogP contribution is -2.37. The summed E-state index contributed by atoms with van der Waals surface area (Å²) in [6.45, 7) is 5.90. The summed E-state index contributed by atoms with van der Waals surface area (Å²) in [7, 11) is 0. The Kier molecular flexibility index (Phi) is 3.97. The van der Waals surface area contributed by atoms with Crippen molar-refractivity contribution in [2.75, 3.05) is 6.54 Å². The van der Waals surface area contributed by atoms with Crippen LogP contribution in [-0.4, -0.2) is 39.5 Å². The third kappa shape index (κ3) is 2.76. The Morgan fingerprint density at radius 3 is 2.70 bits per heavy atom. The van der Waals surface area contributed by atoms with Crippen LogP contribution >= 0.6 is 11.3 Å².